The van der Waals surface area contributed by atoms with Crippen LogP contribution in [0.3, 0.4) is 0 Å². The first-order chi connectivity index (χ1) is 9.60. The van der Waals surface area contributed by atoms with Crippen molar-refractivity contribution in [2.75, 3.05) is 12.4 Å². The Labute approximate surface area is 120 Å². The Kier molecular flexibility index (Phi) is 4.41. The van der Waals surface area contributed by atoms with Gasteiger partial charge in [0.1, 0.15) is 0 Å². The van der Waals surface area contributed by atoms with Gasteiger partial charge in [-0.3, -0.25) is 4.79 Å². The summed E-state index contributed by atoms with van der Waals surface area (Å²) in [6, 6.07) is 13.7. The Balaban J connectivity index is 2.02. The van der Waals surface area contributed by atoms with Gasteiger partial charge in [-0.1, -0.05) is 23.8 Å². The van der Waals surface area contributed by atoms with Gasteiger partial charge in [0.15, 0.2) is 0 Å². The molecule has 2 rings (SSSR count). The maximum Gasteiger partial charge on any atom is 0.251 e. The van der Waals surface area contributed by atoms with Gasteiger partial charge in [0, 0.05) is 24.8 Å². The fourth-order valence-corrected chi connectivity index (χ4v) is 2.06. The Morgan fingerprint density at radius 2 is 1.75 bits per heavy atom. The summed E-state index contributed by atoms with van der Waals surface area (Å²) in [6.45, 7) is 4.67. The highest BCUT2D eigenvalue weighted by Gasteiger charge is 2.06. The van der Waals surface area contributed by atoms with E-state index >= 15 is 0 Å². The summed E-state index contributed by atoms with van der Waals surface area (Å²) in [4.78, 5) is 12.1. The summed E-state index contributed by atoms with van der Waals surface area (Å²) >= 11 is 0. The molecule has 0 aliphatic heterocycles. The fraction of sp³-hybridized carbons (Fsp3) is 0.235. The van der Waals surface area contributed by atoms with Crippen molar-refractivity contribution in [1.29, 1.82) is 0 Å². The highest BCUT2D eigenvalue weighted by molar-refractivity contribution is 5.94. The SMILES string of the molecule is CNc1ccc(C(=O)NCc2cc(C)ccc2C)cc1. The molecule has 0 saturated carbocycles. The van der Waals surface area contributed by atoms with Crippen molar-refractivity contribution in [3.63, 3.8) is 0 Å². The van der Waals surface area contributed by atoms with Gasteiger partial charge >= 0.3 is 0 Å². The van der Waals surface area contributed by atoms with E-state index in [1.165, 1.54) is 11.1 Å². The van der Waals surface area contributed by atoms with E-state index in [0.717, 1.165) is 11.3 Å². The predicted molar refractivity (Wildman–Crippen MR) is 83.1 cm³/mol. The topological polar surface area (TPSA) is 41.1 Å². The lowest BCUT2D eigenvalue weighted by atomic mass is 10.1. The van der Waals surface area contributed by atoms with Crippen LogP contribution in [0.4, 0.5) is 5.69 Å². The van der Waals surface area contributed by atoms with E-state index in [1.807, 2.05) is 31.3 Å². The number of aryl methyl sites for hydroxylation is 2. The lowest BCUT2D eigenvalue weighted by Crippen LogP contribution is -2.23. The average molecular weight is 268 g/mol. The van der Waals surface area contributed by atoms with Crippen molar-refractivity contribution < 1.29 is 4.79 Å². The van der Waals surface area contributed by atoms with E-state index in [2.05, 4.69) is 42.7 Å². The second-order valence-corrected chi connectivity index (χ2v) is 4.94. The molecule has 0 spiro atoms. The fourth-order valence-electron chi connectivity index (χ4n) is 2.06. The van der Waals surface area contributed by atoms with Crippen molar-refractivity contribution in [3.8, 4) is 0 Å². The van der Waals surface area contributed by atoms with E-state index in [-0.39, 0.29) is 5.91 Å². The van der Waals surface area contributed by atoms with Crippen molar-refractivity contribution in [2.24, 2.45) is 0 Å². The third-order valence-electron chi connectivity index (χ3n) is 3.38. The van der Waals surface area contributed by atoms with E-state index in [0.29, 0.717) is 12.1 Å². The number of hydrogen-bond donors (Lipinski definition) is 2. The first kappa shape index (κ1) is 14.1. The molecular formula is C17H20N2O. The van der Waals surface area contributed by atoms with Crippen molar-refractivity contribution in [3.05, 3.63) is 64.7 Å². The molecular weight excluding hydrogens is 248 g/mol. The maximum atomic E-state index is 12.1. The number of nitrogens with one attached hydrogen (secondary N) is 2. The molecule has 0 unspecified atom stereocenters. The standard InChI is InChI=1S/C17H20N2O/c1-12-4-5-13(2)15(10-12)11-19-17(20)14-6-8-16(18-3)9-7-14/h4-10,18H,11H2,1-3H3,(H,19,20). The maximum absolute atomic E-state index is 12.1. The Hall–Kier alpha value is -2.29. The van der Waals surface area contributed by atoms with Gasteiger partial charge in [0.2, 0.25) is 0 Å². The van der Waals surface area contributed by atoms with Crippen LogP contribution < -0.4 is 10.6 Å². The predicted octanol–water partition coefficient (Wildman–Crippen LogP) is 3.28. The molecule has 3 nitrogen and oxygen atoms in total. The van der Waals surface area contributed by atoms with Gasteiger partial charge in [-0.25, -0.2) is 0 Å². The van der Waals surface area contributed by atoms with Crippen LogP contribution in [0.1, 0.15) is 27.0 Å². The summed E-state index contributed by atoms with van der Waals surface area (Å²) in [7, 11) is 1.86. The third kappa shape index (κ3) is 3.38. The van der Waals surface area contributed by atoms with Gasteiger partial charge in [0.25, 0.3) is 5.91 Å². The number of benzene rings is 2. The monoisotopic (exact) mass is 268 g/mol. The zero-order valence-electron chi connectivity index (χ0n) is 12.2. The number of carbonyl (C=O) groups is 1. The molecule has 1 amide bonds. The van der Waals surface area contributed by atoms with Crippen molar-refractivity contribution in [2.45, 2.75) is 20.4 Å². The minimum absolute atomic E-state index is 0.0476. The highest BCUT2D eigenvalue weighted by atomic mass is 16.1. The van der Waals surface area contributed by atoms with Crippen LogP contribution in [-0.4, -0.2) is 13.0 Å². The summed E-state index contributed by atoms with van der Waals surface area (Å²) in [5.74, 6) is -0.0476. The minimum atomic E-state index is -0.0476. The molecule has 0 heterocycles. The molecule has 0 aliphatic carbocycles. The molecule has 0 bridgehead atoms. The molecule has 0 atom stereocenters. The van der Waals surface area contributed by atoms with Gasteiger partial charge in [-0.15, -0.1) is 0 Å². The van der Waals surface area contributed by atoms with Gasteiger partial charge in [-0.05, 0) is 49.2 Å². The Morgan fingerprint density at radius 3 is 2.40 bits per heavy atom. The van der Waals surface area contributed by atoms with Crippen molar-refractivity contribution >= 4 is 11.6 Å². The molecule has 2 N–H and O–H groups in total. The van der Waals surface area contributed by atoms with Crippen LogP contribution in [0.5, 0.6) is 0 Å². The summed E-state index contributed by atoms with van der Waals surface area (Å²) < 4.78 is 0. The highest BCUT2D eigenvalue weighted by Crippen LogP contribution is 2.11. The lowest BCUT2D eigenvalue weighted by molar-refractivity contribution is 0.0951. The summed E-state index contributed by atoms with van der Waals surface area (Å²) in [5, 5.41) is 5.99. The largest absolute Gasteiger partial charge is 0.388 e. The second kappa shape index (κ2) is 6.24. The van der Waals surface area contributed by atoms with Crippen LogP contribution in [0.25, 0.3) is 0 Å². The summed E-state index contributed by atoms with van der Waals surface area (Å²) in [6.07, 6.45) is 0. The molecule has 0 aliphatic rings. The molecule has 0 radical (unpaired) electrons. The zero-order valence-corrected chi connectivity index (χ0v) is 12.2. The number of hydrogen-bond acceptors (Lipinski definition) is 2. The van der Waals surface area contributed by atoms with E-state index in [4.69, 9.17) is 0 Å². The first-order valence-electron chi connectivity index (χ1n) is 6.72. The van der Waals surface area contributed by atoms with Crippen molar-refractivity contribution in [1.82, 2.24) is 5.32 Å². The summed E-state index contributed by atoms with van der Waals surface area (Å²) in [5.41, 5.74) is 5.23. The first-order valence-corrected chi connectivity index (χ1v) is 6.72. The number of carbonyl (C=O) groups excluding carboxylic acids is 1. The van der Waals surface area contributed by atoms with Gasteiger partial charge in [0.05, 0.1) is 0 Å². The second-order valence-electron chi connectivity index (χ2n) is 4.94. The molecule has 2 aromatic carbocycles. The molecule has 20 heavy (non-hydrogen) atoms. The molecule has 0 saturated heterocycles. The average Bonchev–Trinajstić information content (AvgIpc) is 2.48. The van der Waals surface area contributed by atoms with Crippen LogP contribution >= 0.6 is 0 Å². The van der Waals surface area contributed by atoms with E-state index in [9.17, 15) is 4.79 Å². The zero-order chi connectivity index (χ0) is 14.5. The number of rotatable bonds is 4. The van der Waals surface area contributed by atoms with Crippen LogP contribution in [0, 0.1) is 13.8 Å². The molecule has 0 aromatic heterocycles. The minimum Gasteiger partial charge on any atom is -0.388 e. The van der Waals surface area contributed by atoms with E-state index in [1.54, 1.807) is 0 Å². The lowest BCUT2D eigenvalue weighted by Gasteiger charge is -2.09. The Morgan fingerprint density at radius 1 is 1.05 bits per heavy atom. The number of amides is 1. The smallest absolute Gasteiger partial charge is 0.251 e. The molecule has 2 aromatic rings. The number of anilines is 1. The quantitative estimate of drug-likeness (QED) is 0.893. The Bertz CT molecular complexity index is 603. The molecule has 3 heteroatoms. The van der Waals surface area contributed by atoms with Crippen LogP contribution in [0.2, 0.25) is 0 Å². The molecule has 104 valence electrons. The molecule has 0 fully saturated rings. The van der Waals surface area contributed by atoms with E-state index < -0.39 is 0 Å². The van der Waals surface area contributed by atoms with Crippen LogP contribution in [-0.2, 0) is 6.54 Å². The van der Waals surface area contributed by atoms with Crippen LogP contribution in [0.15, 0.2) is 42.5 Å². The van der Waals surface area contributed by atoms with Gasteiger partial charge < -0.3 is 10.6 Å². The van der Waals surface area contributed by atoms with Gasteiger partial charge in [-0.2, -0.15) is 0 Å². The third-order valence-corrected chi connectivity index (χ3v) is 3.38. The normalized spacial score (nSPS) is 10.2.